The van der Waals surface area contributed by atoms with E-state index in [1.165, 1.54) is 11.8 Å². The zero-order valence-electron chi connectivity index (χ0n) is 18.6. The number of ether oxygens (including phenoxy) is 3. The minimum atomic E-state index is -1.18. The summed E-state index contributed by atoms with van der Waals surface area (Å²) < 4.78 is 18.5. The summed E-state index contributed by atoms with van der Waals surface area (Å²) in [6.07, 6.45) is -3.23. The summed E-state index contributed by atoms with van der Waals surface area (Å²) in [5, 5.41) is 11.5. The van der Waals surface area contributed by atoms with E-state index >= 15 is 0 Å². The molecule has 0 unspecified atom stereocenters. The number of carbonyl (C=O) groups excluding carboxylic acids is 2. The van der Waals surface area contributed by atoms with E-state index in [-0.39, 0.29) is 6.61 Å². The van der Waals surface area contributed by atoms with Gasteiger partial charge in [-0.15, -0.1) is 0 Å². The second kappa shape index (κ2) is 9.22. The first-order valence-corrected chi connectivity index (χ1v) is 12.3. The van der Waals surface area contributed by atoms with E-state index in [0.29, 0.717) is 11.1 Å². The highest BCUT2D eigenvalue weighted by Gasteiger charge is 2.56. The molecule has 0 aliphatic carbocycles. The monoisotopic (exact) mass is 489 g/mol. The van der Waals surface area contributed by atoms with Crippen molar-refractivity contribution in [2.45, 2.75) is 41.0 Å². The molecule has 3 aromatic rings. The molecule has 0 aromatic heterocycles. The third-order valence-electron chi connectivity index (χ3n) is 6.52. The van der Waals surface area contributed by atoms with E-state index in [1.54, 1.807) is 24.3 Å². The van der Waals surface area contributed by atoms with E-state index in [1.807, 2.05) is 60.7 Å². The molecule has 7 nitrogen and oxygen atoms in total. The van der Waals surface area contributed by atoms with Gasteiger partial charge in [-0.3, -0.25) is 14.5 Å². The van der Waals surface area contributed by atoms with Gasteiger partial charge in [0.15, 0.2) is 6.29 Å². The molecule has 0 saturated carbocycles. The van der Waals surface area contributed by atoms with E-state index < -0.39 is 47.9 Å². The zero-order valence-corrected chi connectivity index (χ0v) is 19.4. The van der Waals surface area contributed by atoms with Crippen LogP contribution in [0.5, 0.6) is 0 Å². The average molecular weight is 490 g/mol. The van der Waals surface area contributed by atoms with E-state index in [0.717, 1.165) is 15.4 Å². The number of aliphatic hydroxyl groups excluding tert-OH is 1. The average Bonchev–Trinajstić information content (AvgIpc) is 3.15. The van der Waals surface area contributed by atoms with Gasteiger partial charge in [-0.05, 0) is 24.3 Å². The van der Waals surface area contributed by atoms with Crippen LogP contribution in [0.2, 0.25) is 0 Å². The number of fused-ring (bicyclic) bond motifs is 2. The maximum Gasteiger partial charge on any atom is 0.261 e. The number of imide groups is 1. The molecule has 6 atom stereocenters. The van der Waals surface area contributed by atoms with Crippen molar-refractivity contribution < 1.29 is 28.9 Å². The van der Waals surface area contributed by atoms with Crippen molar-refractivity contribution in [1.29, 1.82) is 0 Å². The summed E-state index contributed by atoms with van der Waals surface area (Å²) in [5.41, 5.74) is 0.731. The van der Waals surface area contributed by atoms with Crippen molar-refractivity contribution in [2.24, 2.45) is 0 Å². The van der Waals surface area contributed by atoms with Crippen molar-refractivity contribution in [3.05, 3.63) is 102 Å². The fraction of sp³-hybridized carbons (Fsp3) is 0.259. The van der Waals surface area contributed by atoms with Crippen LogP contribution in [0.15, 0.2) is 89.8 Å². The highest BCUT2D eigenvalue weighted by atomic mass is 32.2. The molecule has 2 saturated heterocycles. The molecule has 2 fully saturated rings. The number of hydrogen-bond acceptors (Lipinski definition) is 7. The van der Waals surface area contributed by atoms with Crippen molar-refractivity contribution in [2.75, 3.05) is 6.61 Å². The number of thioether (sulfide) groups is 1. The molecule has 8 heteroatoms. The fourth-order valence-corrected chi connectivity index (χ4v) is 5.95. The molecule has 6 rings (SSSR count). The molecule has 1 N–H and O–H groups in total. The number of nitrogens with zero attached hydrogens (tertiary/aromatic N) is 1. The van der Waals surface area contributed by atoms with Crippen LogP contribution in [0, 0.1) is 0 Å². The Balaban J connectivity index is 1.36. The minimum Gasteiger partial charge on any atom is -0.387 e. The van der Waals surface area contributed by atoms with Crippen LogP contribution in [-0.2, 0) is 14.2 Å². The Bertz CT molecular complexity index is 1200. The molecule has 178 valence electrons. The first kappa shape index (κ1) is 22.5. The van der Waals surface area contributed by atoms with Gasteiger partial charge in [0.2, 0.25) is 0 Å². The quantitative estimate of drug-likeness (QED) is 0.560. The number of benzene rings is 3. The molecule has 0 radical (unpaired) electrons. The van der Waals surface area contributed by atoms with Crippen molar-refractivity contribution in [3.8, 4) is 0 Å². The largest absolute Gasteiger partial charge is 0.387 e. The van der Waals surface area contributed by atoms with E-state index in [2.05, 4.69) is 0 Å². The second-order valence-corrected chi connectivity index (χ2v) is 9.83. The lowest BCUT2D eigenvalue weighted by Crippen LogP contribution is -2.67. The molecule has 35 heavy (non-hydrogen) atoms. The number of carbonyl (C=O) groups is 2. The molecule has 2 amide bonds. The maximum absolute atomic E-state index is 13.4. The highest BCUT2D eigenvalue weighted by molar-refractivity contribution is 7.99. The SMILES string of the molecule is O=C1c2ccccc2C(=O)N1[C@@H]1[C@H](O)[C@@H](Sc2ccccc2)O[C@@H]2CO[C@@H](c3ccccc3)O[C@@H]12. The van der Waals surface area contributed by atoms with E-state index in [9.17, 15) is 14.7 Å². The van der Waals surface area contributed by atoms with Crippen molar-refractivity contribution in [3.63, 3.8) is 0 Å². The number of amides is 2. The first-order valence-electron chi connectivity index (χ1n) is 11.5. The van der Waals surface area contributed by atoms with Gasteiger partial charge in [-0.2, -0.15) is 0 Å². The van der Waals surface area contributed by atoms with Crippen molar-refractivity contribution >= 4 is 23.6 Å². The summed E-state index contributed by atoms with van der Waals surface area (Å²) in [7, 11) is 0. The van der Waals surface area contributed by atoms with Crippen LogP contribution in [0.25, 0.3) is 0 Å². The Morgan fingerprint density at radius 3 is 2.06 bits per heavy atom. The summed E-state index contributed by atoms with van der Waals surface area (Å²) in [6, 6.07) is 24.8. The van der Waals surface area contributed by atoms with Gasteiger partial charge in [0.25, 0.3) is 11.8 Å². The van der Waals surface area contributed by atoms with Crippen LogP contribution >= 0.6 is 11.8 Å². The minimum absolute atomic E-state index is 0.197. The standard InChI is InChI=1S/C27H23NO6S/c29-22-21(28-24(30)18-13-7-8-14-19(18)25(28)31)23-20(33-27(22)35-17-11-5-2-6-12-17)15-32-26(34-23)16-9-3-1-4-10-16/h1-14,20-23,26-27,29H,15H2/t20-,21-,22+,23-,26-,27-/m1/s1. The molecule has 0 bridgehead atoms. The molecule has 3 heterocycles. The lowest BCUT2D eigenvalue weighted by atomic mass is 9.94. The molecular weight excluding hydrogens is 466 g/mol. The Morgan fingerprint density at radius 2 is 1.40 bits per heavy atom. The summed E-state index contributed by atoms with van der Waals surface area (Å²) in [6.45, 7) is 0.197. The second-order valence-electron chi connectivity index (χ2n) is 8.66. The lowest BCUT2D eigenvalue weighted by Gasteiger charge is -2.50. The summed E-state index contributed by atoms with van der Waals surface area (Å²) in [4.78, 5) is 28.9. The third kappa shape index (κ3) is 3.97. The predicted octanol–water partition coefficient (Wildman–Crippen LogP) is 3.64. The first-order chi connectivity index (χ1) is 17.1. The number of aliphatic hydroxyl groups is 1. The number of hydrogen-bond donors (Lipinski definition) is 1. The van der Waals surface area contributed by atoms with Gasteiger partial charge < -0.3 is 19.3 Å². The van der Waals surface area contributed by atoms with Crippen molar-refractivity contribution in [1.82, 2.24) is 4.90 Å². The van der Waals surface area contributed by atoms with Gasteiger partial charge in [0, 0.05) is 10.5 Å². The Labute approximate surface area is 206 Å². The summed E-state index contributed by atoms with van der Waals surface area (Å²) >= 11 is 1.34. The normalized spacial score (nSPS) is 30.1. The lowest BCUT2D eigenvalue weighted by molar-refractivity contribution is -0.305. The maximum atomic E-state index is 13.4. The van der Waals surface area contributed by atoms with Crippen LogP contribution in [0.4, 0.5) is 0 Å². The Hall–Kier alpha value is -3.01. The van der Waals surface area contributed by atoms with Crippen LogP contribution < -0.4 is 0 Å². The highest BCUT2D eigenvalue weighted by Crippen LogP contribution is 2.42. The molecule has 3 aromatic carbocycles. The number of rotatable bonds is 4. The van der Waals surface area contributed by atoms with Gasteiger partial charge in [0.05, 0.1) is 23.8 Å². The van der Waals surface area contributed by atoms with E-state index in [4.69, 9.17) is 14.2 Å². The smallest absolute Gasteiger partial charge is 0.261 e. The molecule has 0 spiro atoms. The van der Waals surface area contributed by atoms with Crippen LogP contribution in [0.3, 0.4) is 0 Å². The third-order valence-corrected chi connectivity index (χ3v) is 7.69. The molecule has 3 aliphatic heterocycles. The van der Waals surface area contributed by atoms with Gasteiger partial charge in [0.1, 0.15) is 23.7 Å². The summed E-state index contributed by atoms with van der Waals surface area (Å²) in [5.74, 6) is -0.879. The zero-order chi connectivity index (χ0) is 23.9. The van der Waals surface area contributed by atoms with Gasteiger partial charge in [-0.25, -0.2) is 0 Å². The predicted molar refractivity (Wildman–Crippen MR) is 128 cm³/mol. The van der Waals surface area contributed by atoms with Crippen LogP contribution in [0.1, 0.15) is 32.6 Å². The topological polar surface area (TPSA) is 85.3 Å². The fourth-order valence-electron chi connectivity index (χ4n) is 4.87. The molecular formula is C27H23NO6S. The van der Waals surface area contributed by atoms with Crippen LogP contribution in [-0.4, -0.2) is 58.2 Å². The van der Waals surface area contributed by atoms with Gasteiger partial charge >= 0.3 is 0 Å². The Kier molecular flexibility index (Phi) is 5.91. The molecule has 3 aliphatic rings. The van der Waals surface area contributed by atoms with Gasteiger partial charge in [-0.1, -0.05) is 72.4 Å². The Morgan fingerprint density at radius 1 is 0.800 bits per heavy atom.